The second kappa shape index (κ2) is 7.58. The Balaban J connectivity index is 1.89. The molecule has 26 heavy (non-hydrogen) atoms. The molecule has 0 radical (unpaired) electrons. The largest absolute Gasteiger partial charge is 0.496 e. The maximum absolute atomic E-state index is 11.5. The van der Waals surface area contributed by atoms with E-state index in [9.17, 15) is 4.79 Å². The maximum atomic E-state index is 11.5. The number of esters is 1. The molecule has 0 unspecified atom stereocenters. The van der Waals surface area contributed by atoms with Crippen LogP contribution < -0.4 is 4.74 Å². The van der Waals surface area contributed by atoms with Crippen molar-refractivity contribution in [3.05, 3.63) is 64.3 Å². The molecule has 0 saturated heterocycles. The van der Waals surface area contributed by atoms with E-state index in [1.165, 1.54) is 7.11 Å². The minimum absolute atomic E-state index is 0.370. The van der Waals surface area contributed by atoms with Gasteiger partial charge in [-0.15, -0.1) is 5.10 Å². The summed E-state index contributed by atoms with van der Waals surface area (Å²) in [5.41, 5.74) is 3.94. The van der Waals surface area contributed by atoms with E-state index < -0.39 is 0 Å². The monoisotopic (exact) mass is 371 g/mol. The molecule has 0 saturated carbocycles. The Morgan fingerprint density at radius 1 is 1.15 bits per heavy atom. The molecule has 0 amide bonds. The molecular formula is C19H18ClN3O3. The van der Waals surface area contributed by atoms with Crippen LogP contribution in [0.4, 0.5) is 0 Å². The van der Waals surface area contributed by atoms with Gasteiger partial charge in [-0.3, -0.25) is 0 Å². The highest BCUT2D eigenvalue weighted by molar-refractivity contribution is 6.30. The molecule has 2 aromatic carbocycles. The minimum atomic E-state index is -0.370. The Labute approximate surface area is 156 Å². The number of halogens is 1. The number of benzene rings is 2. The van der Waals surface area contributed by atoms with Crippen LogP contribution in [0, 0.1) is 6.92 Å². The number of rotatable bonds is 5. The van der Waals surface area contributed by atoms with Crippen molar-refractivity contribution in [2.75, 3.05) is 14.2 Å². The van der Waals surface area contributed by atoms with Gasteiger partial charge in [0.1, 0.15) is 11.4 Å². The number of hydrogen-bond donors (Lipinski definition) is 0. The first-order valence-corrected chi connectivity index (χ1v) is 8.32. The van der Waals surface area contributed by atoms with Crippen LogP contribution in [-0.4, -0.2) is 35.2 Å². The summed E-state index contributed by atoms with van der Waals surface area (Å²) in [6, 6.07) is 12.5. The van der Waals surface area contributed by atoms with E-state index in [4.69, 9.17) is 21.1 Å². The molecule has 0 aliphatic rings. The molecule has 0 atom stereocenters. The summed E-state index contributed by atoms with van der Waals surface area (Å²) in [6.07, 6.45) is 0. The molecule has 0 spiro atoms. The predicted molar refractivity (Wildman–Crippen MR) is 98.6 cm³/mol. The Bertz CT molecular complexity index is 936. The Hall–Kier alpha value is -2.86. The molecule has 7 heteroatoms. The third-order valence-corrected chi connectivity index (χ3v) is 4.36. The normalized spacial score (nSPS) is 10.6. The van der Waals surface area contributed by atoms with Gasteiger partial charge < -0.3 is 9.47 Å². The van der Waals surface area contributed by atoms with Gasteiger partial charge in [0.25, 0.3) is 0 Å². The average Bonchev–Trinajstić information content (AvgIpc) is 3.02. The standard InChI is InChI=1S/C19H18ClN3O3/c1-12-18(13-4-6-14(7-5-13)19(24)26-3)21-22-23(12)11-15-10-16(20)8-9-17(15)25-2/h4-10H,11H2,1-3H3. The van der Waals surface area contributed by atoms with Gasteiger partial charge in [0.05, 0.1) is 32.0 Å². The van der Waals surface area contributed by atoms with Crippen LogP contribution in [0.1, 0.15) is 21.6 Å². The number of aromatic nitrogens is 3. The summed E-state index contributed by atoms with van der Waals surface area (Å²) < 4.78 is 11.9. The number of carbonyl (C=O) groups is 1. The first kappa shape index (κ1) is 17.9. The lowest BCUT2D eigenvalue weighted by Gasteiger charge is -2.10. The van der Waals surface area contributed by atoms with E-state index >= 15 is 0 Å². The maximum Gasteiger partial charge on any atom is 0.337 e. The van der Waals surface area contributed by atoms with Crippen molar-refractivity contribution in [3.63, 3.8) is 0 Å². The van der Waals surface area contributed by atoms with Crippen LogP contribution in [0.25, 0.3) is 11.3 Å². The first-order valence-electron chi connectivity index (χ1n) is 7.94. The Kier molecular flexibility index (Phi) is 5.23. The highest BCUT2D eigenvalue weighted by Gasteiger charge is 2.14. The fourth-order valence-corrected chi connectivity index (χ4v) is 2.89. The Morgan fingerprint density at radius 2 is 1.88 bits per heavy atom. The fourth-order valence-electron chi connectivity index (χ4n) is 2.69. The van der Waals surface area contributed by atoms with Crippen LogP contribution in [-0.2, 0) is 11.3 Å². The van der Waals surface area contributed by atoms with E-state index in [2.05, 4.69) is 10.3 Å². The van der Waals surface area contributed by atoms with E-state index in [1.807, 2.05) is 31.2 Å². The average molecular weight is 372 g/mol. The summed E-state index contributed by atoms with van der Waals surface area (Å²) in [4.78, 5) is 11.5. The molecule has 0 fully saturated rings. The van der Waals surface area contributed by atoms with Gasteiger partial charge in [0.2, 0.25) is 0 Å². The number of nitrogens with zero attached hydrogens (tertiary/aromatic N) is 3. The number of ether oxygens (including phenoxy) is 2. The molecule has 0 N–H and O–H groups in total. The van der Waals surface area contributed by atoms with E-state index in [0.717, 1.165) is 28.3 Å². The third-order valence-electron chi connectivity index (χ3n) is 4.12. The van der Waals surface area contributed by atoms with Crippen molar-refractivity contribution in [3.8, 4) is 17.0 Å². The van der Waals surface area contributed by atoms with E-state index in [1.54, 1.807) is 30.0 Å². The van der Waals surface area contributed by atoms with Crippen LogP contribution in [0.2, 0.25) is 5.02 Å². The molecular weight excluding hydrogens is 354 g/mol. The lowest BCUT2D eigenvalue weighted by molar-refractivity contribution is 0.0601. The van der Waals surface area contributed by atoms with Gasteiger partial charge >= 0.3 is 5.97 Å². The molecule has 0 bridgehead atoms. The summed E-state index contributed by atoms with van der Waals surface area (Å²) in [6.45, 7) is 2.43. The van der Waals surface area contributed by atoms with Crippen LogP contribution in [0.5, 0.6) is 5.75 Å². The molecule has 0 aliphatic carbocycles. The van der Waals surface area contributed by atoms with Crippen LogP contribution in [0.3, 0.4) is 0 Å². The first-order chi connectivity index (χ1) is 12.5. The molecule has 3 rings (SSSR count). The molecule has 6 nitrogen and oxygen atoms in total. The highest BCUT2D eigenvalue weighted by atomic mass is 35.5. The van der Waals surface area contributed by atoms with Crippen molar-refractivity contribution in [1.82, 2.24) is 15.0 Å². The van der Waals surface area contributed by atoms with Gasteiger partial charge in [-0.1, -0.05) is 28.9 Å². The van der Waals surface area contributed by atoms with E-state index in [-0.39, 0.29) is 5.97 Å². The van der Waals surface area contributed by atoms with Crippen LogP contribution >= 0.6 is 11.6 Å². The SMILES string of the molecule is COC(=O)c1ccc(-c2nnn(Cc3cc(Cl)ccc3OC)c2C)cc1. The molecule has 3 aromatic rings. The lowest BCUT2D eigenvalue weighted by Crippen LogP contribution is -2.05. The lowest BCUT2D eigenvalue weighted by atomic mass is 10.1. The van der Waals surface area contributed by atoms with Crippen molar-refractivity contribution < 1.29 is 14.3 Å². The predicted octanol–water partition coefficient (Wildman–Crippen LogP) is 3.75. The number of methoxy groups -OCH3 is 2. The van der Waals surface area contributed by atoms with Gasteiger partial charge in [-0.2, -0.15) is 0 Å². The van der Waals surface area contributed by atoms with Gasteiger partial charge in [0, 0.05) is 16.1 Å². The smallest absolute Gasteiger partial charge is 0.337 e. The summed E-state index contributed by atoms with van der Waals surface area (Å²) in [7, 11) is 2.98. The molecule has 1 aromatic heterocycles. The topological polar surface area (TPSA) is 66.2 Å². The summed E-state index contributed by atoms with van der Waals surface area (Å²) in [5, 5.41) is 9.16. The highest BCUT2D eigenvalue weighted by Crippen LogP contribution is 2.26. The van der Waals surface area contributed by atoms with E-state index in [0.29, 0.717) is 17.1 Å². The zero-order valence-corrected chi connectivity index (χ0v) is 15.4. The quantitative estimate of drug-likeness (QED) is 0.639. The number of carbonyl (C=O) groups excluding carboxylic acids is 1. The molecule has 0 aliphatic heterocycles. The Morgan fingerprint density at radius 3 is 2.54 bits per heavy atom. The number of hydrogen-bond acceptors (Lipinski definition) is 5. The summed E-state index contributed by atoms with van der Waals surface area (Å²) >= 11 is 6.09. The van der Waals surface area contributed by atoms with Gasteiger partial charge in [-0.05, 0) is 37.3 Å². The zero-order chi connectivity index (χ0) is 18.7. The second-order valence-electron chi connectivity index (χ2n) is 5.71. The zero-order valence-electron chi connectivity index (χ0n) is 14.7. The van der Waals surface area contributed by atoms with Crippen molar-refractivity contribution >= 4 is 17.6 Å². The van der Waals surface area contributed by atoms with Crippen molar-refractivity contribution in [1.29, 1.82) is 0 Å². The molecule has 134 valence electrons. The fraction of sp³-hybridized carbons (Fsp3) is 0.211. The van der Waals surface area contributed by atoms with Crippen molar-refractivity contribution in [2.24, 2.45) is 0 Å². The van der Waals surface area contributed by atoms with Crippen molar-refractivity contribution in [2.45, 2.75) is 13.5 Å². The third kappa shape index (κ3) is 3.55. The molecule has 1 heterocycles. The van der Waals surface area contributed by atoms with Gasteiger partial charge in [-0.25, -0.2) is 9.48 Å². The second-order valence-corrected chi connectivity index (χ2v) is 6.14. The summed E-state index contributed by atoms with van der Waals surface area (Å²) in [5.74, 6) is 0.373. The minimum Gasteiger partial charge on any atom is -0.496 e. The van der Waals surface area contributed by atoms with Gasteiger partial charge in [0.15, 0.2) is 0 Å². The van der Waals surface area contributed by atoms with Crippen LogP contribution in [0.15, 0.2) is 42.5 Å².